The van der Waals surface area contributed by atoms with Crippen LogP contribution >= 0.6 is 0 Å². The SMILES string of the molecule is CC(C)(C)CC(C)(C)c1cc(-c2cc(F)ccc2OC[Si](COc2ccc(F)cc2-c2cc(C(C)(C)CC(C)(C)C)cc(-n3c4ccc(C(C)(C)C)cc4c4cc(C(C)(C)C)ccc43)c2O)(C(C)(C)C)C(C)(C)C)c(O)c(-n2c3ccc(C(C)(C)C)cc3c3cc(C(C)(C)C)ccc32)c1.[CH3-].[CH3-].[Hf]. The number of rotatable bonds is 14. The molecule has 10 rings (SSSR count). The zero-order chi connectivity index (χ0) is 73.5. The third kappa shape index (κ3) is 16.3. The fourth-order valence-electron chi connectivity index (χ4n) is 16.2. The smallest absolute Gasteiger partial charge is 0.152 e. The Labute approximate surface area is 633 Å². The predicted molar refractivity (Wildman–Crippen MR) is 434 cm³/mol. The van der Waals surface area contributed by atoms with Gasteiger partial charge in [0.1, 0.15) is 34.6 Å². The van der Waals surface area contributed by atoms with Crippen LogP contribution in [-0.4, -0.2) is 39.9 Å². The minimum Gasteiger partial charge on any atom is -0.505 e. The van der Waals surface area contributed by atoms with E-state index >= 15 is 8.78 Å². The second-order valence-electron chi connectivity index (χ2n) is 39.1. The molecule has 0 spiro atoms. The van der Waals surface area contributed by atoms with Gasteiger partial charge in [-0.2, -0.15) is 0 Å². The first-order chi connectivity index (χ1) is 45.2. The van der Waals surface area contributed by atoms with Crippen molar-refractivity contribution in [3.63, 3.8) is 0 Å². The van der Waals surface area contributed by atoms with Gasteiger partial charge in [-0.1, -0.05) is 218 Å². The largest absolute Gasteiger partial charge is 0.505 e. The quantitative estimate of drug-likeness (QED) is 0.0841. The molecule has 0 saturated heterocycles. The van der Waals surface area contributed by atoms with Crippen LogP contribution in [0.3, 0.4) is 0 Å². The van der Waals surface area contributed by atoms with Crippen LogP contribution < -0.4 is 9.47 Å². The topological polar surface area (TPSA) is 68.8 Å². The van der Waals surface area contributed by atoms with Crippen molar-refractivity contribution in [1.29, 1.82) is 0 Å². The van der Waals surface area contributed by atoms with Gasteiger partial charge in [0.25, 0.3) is 0 Å². The Morgan fingerprint density at radius 1 is 0.333 bits per heavy atom. The Morgan fingerprint density at radius 2 is 0.598 bits per heavy atom. The standard InChI is InChI=1S/C90H116F2N2O4Si.2CH3.Hf/c1-81(2,3)51-89(25,26)59-45-69(79(95)75(47-59)93-71-35-29-55(83(7,8)9)41-63(71)64-42-56(84(10,11)12)30-36-72(64)93)67-49-61(91)33-39-77(67)97-53-99(87(19,20)21,88(22,23)24)54-98-78-40-34-62(92)50-68(78)70-46-60(90(27,28)52-82(4,5)6)48-76(80(70)96)94-73-37-31-57(85(13,14)15)43-65(73)66-44-58(86(16,17)18)32-38-74(66)94;;;/h29-50,95-96H,51-54H2,1-28H3;2*1H3;/q;2*-1;. The number of fused-ring (bicyclic) bond motifs is 6. The van der Waals surface area contributed by atoms with Gasteiger partial charge in [0, 0.05) is 69.6 Å². The summed E-state index contributed by atoms with van der Waals surface area (Å²) in [5.41, 5.74) is 12.3. The molecule has 0 atom stereocenters. The molecular weight excluding hydrogens is 1440 g/mol. The number of benzene rings is 8. The second-order valence-corrected chi connectivity index (χ2v) is 44.8. The van der Waals surface area contributed by atoms with E-state index in [1.165, 1.54) is 46.5 Å². The summed E-state index contributed by atoms with van der Waals surface area (Å²) in [5.74, 6) is -0.0147. The Bertz CT molecular complexity index is 4310. The van der Waals surface area contributed by atoms with Crippen LogP contribution in [-0.2, 0) is 58.3 Å². The van der Waals surface area contributed by atoms with Crippen molar-refractivity contribution in [3.05, 3.63) is 193 Å². The molecule has 8 aromatic carbocycles. The van der Waals surface area contributed by atoms with Gasteiger partial charge in [-0.15, -0.1) is 0 Å². The molecule has 2 N–H and O–H groups in total. The van der Waals surface area contributed by atoms with E-state index < -0.39 is 40.6 Å². The molecule has 10 heteroatoms. The number of nitrogens with zero attached hydrogens (tertiary/aromatic N) is 2. The van der Waals surface area contributed by atoms with E-state index in [2.05, 4.69) is 300 Å². The summed E-state index contributed by atoms with van der Waals surface area (Å²) >= 11 is 0. The molecule has 0 radical (unpaired) electrons. The van der Waals surface area contributed by atoms with Crippen molar-refractivity contribution in [2.45, 2.75) is 249 Å². The van der Waals surface area contributed by atoms with Crippen LogP contribution in [0.15, 0.2) is 133 Å². The van der Waals surface area contributed by atoms with Crippen molar-refractivity contribution in [3.8, 4) is 56.6 Å². The van der Waals surface area contributed by atoms with E-state index in [0.717, 1.165) is 67.6 Å². The molecule has 0 unspecified atom stereocenters. The summed E-state index contributed by atoms with van der Waals surface area (Å²) in [6.07, 6.45) is 2.14. The second kappa shape index (κ2) is 28.1. The monoisotopic (exact) mass is 1560 g/mol. The van der Waals surface area contributed by atoms with Crippen LogP contribution in [0.25, 0.3) is 77.2 Å². The van der Waals surface area contributed by atoms with Crippen molar-refractivity contribution in [1.82, 2.24) is 9.13 Å². The zero-order valence-electron chi connectivity index (χ0n) is 67.9. The van der Waals surface area contributed by atoms with Gasteiger partial charge in [-0.25, -0.2) is 8.78 Å². The average molecular weight is 1560 g/mol. The Balaban J connectivity index is 0.00000486. The number of ether oxygens (including phenoxy) is 2. The summed E-state index contributed by atoms with van der Waals surface area (Å²) in [4.78, 5) is 0. The van der Waals surface area contributed by atoms with Crippen LogP contribution in [0.2, 0.25) is 10.1 Å². The zero-order valence-corrected chi connectivity index (χ0v) is 72.5. The van der Waals surface area contributed by atoms with Gasteiger partial charge in [0.15, 0.2) is 8.07 Å². The molecule has 0 fully saturated rings. The number of phenols is 2. The molecule has 0 bridgehead atoms. The molecule has 2 heterocycles. The maximum atomic E-state index is 16.5. The summed E-state index contributed by atoms with van der Waals surface area (Å²) in [7, 11) is -3.07. The average Bonchev–Trinajstić information content (AvgIpc) is 1.51. The first-order valence-corrected chi connectivity index (χ1v) is 38.4. The van der Waals surface area contributed by atoms with Crippen LogP contribution in [0, 0.1) is 37.3 Å². The van der Waals surface area contributed by atoms with Crippen molar-refractivity contribution in [2.75, 3.05) is 12.5 Å². The van der Waals surface area contributed by atoms with Gasteiger partial charge in [-0.3, -0.25) is 0 Å². The molecule has 548 valence electrons. The number of aromatic hydroxyl groups is 2. The van der Waals surface area contributed by atoms with E-state index in [9.17, 15) is 10.2 Å². The molecule has 0 aliphatic rings. The van der Waals surface area contributed by atoms with Gasteiger partial charge in [-0.05, 0) is 209 Å². The van der Waals surface area contributed by atoms with E-state index in [1.54, 1.807) is 12.1 Å². The van der Waals surface area contributed by atoms with Crippen LogP contribution in [0.4, 0.5) is 8.78 Å². The minimum absolute atomic E-state index is 0. The minimum atomic E-state index is -3.07. The predicted octanol–water partition coefficient (Wildman–Crippen LogP) is 27.0. The molecule has 2 aromatic heterocycles. The van der Waals surface area contributed by atoms with Crippen molar-refractivity contribution in [2.24, 2.45) is 10.8 Å². The first kappa shape index (κ1) is 82.8. The third-order valence-electron chi connectivity index (χ3n) is 21.4. The van der Waals surface area contributed by atoms with Crippen molar-refractivity contribution < 1.29 is 54.3 Å². The van der Waals surface area contributed by atoms with Gasteiger partial charge in [0.05, 0.1) is 45.9 Å². The molecule has 10 aromatic rings. The maximum Gasteiger partial charge on any atom is 0.152 e. The van der Waals surface area contributed by atoms with Gasteiger partial charge in [0.2, 0.25) is 0 Å². The third-order valence-corrected chi connectivity index (χ3v) is 28.5. The van der Waals surface area contributed by atoms with Crippen molar-refractivity contribution >= 4 is 51.7 Å². The molecule has 0 saturated carbocycles. The Kier molecular flexibility index (Phi) is 22.8. The number of hydrogen-bond acceptors (Lipinski definition) is 4. The van der Waals surface area contributed by atoms with Gasteiger partial charge < -0.3 is 43.7 Å². The Morgan fingerprint density at radius 3 is 0.833 bits per heavy atom. The number of hydrogen-bond donors (Lipinski definition) is 2. The molecule has 6 nitrogen and oxygen atoms in total. The van der Waals surface area contributed by atoms with Gasteiger partial charge >= 0.3 is 0 Å². The number of halogens is 2. The van der Waals surface area contributed by atoms with Crippen LogP contribution in [0.5, 0.6) is 23.0 Å². The molecule has 0 aliphatic heterocycles. The normalized spacial score (nSPS) is 13.4. The summed E-state index contributed by atoms with van der Waals surface area (Å²) < 4.78 is 52.2. The van der Waals surface area contributed by atoms with E-state index in [4.69, 9.17) is 9.47 Å². The molecule has 0 aliphatic carbocycles. The number of phenolic OH excluding ortho intramolecular Hbond substituents is 2. The molecule has 0 amide bonds. The molecular formula is C92H122F2HfN2O4Si-2. The maximum absolute atomic E-state index is 16.5. The summed E-state index contributed by atoms with van der Waals surface area (Å²) in [6, 6.07) is 44.6. The molecule has 102 heavy (non-hydrogen) atoms. The fraction of sp³-hybridized carbons (Fsp3) is 0.457. The summed E-state index contributed by atoms with van der Waals surface area (Å²) in [6.45, 7) is 63.0. The number of aromatic nitrogens is 2. The fourth-order valence-corrected chi connectivity index (χ4v) is 21.0. The van der Waals surface area contributed by atoms with E-state index in [-0.39, 0.29) is 97.1 Å². The van der Waals surface area contributed by atoms with Crippen LogP contribution in [0.1, 0.15) is 240 Å². The first-order valence-electron chi connectivity index (χ1n) is 36.0. The van der Waals surface area contributed by atoms with E-state index in [0.29, 0.717) is 45.1 Å². The Hall–Kier alpha value is -6.49. The van der Waals surface area contributed by atoms with E-state index in [1.807, 2.05) is 0 Å². The summed E-state index contributed by atoms with van der Waals surface area (Å²) in [5, 5.41) is 30.4.